The summed E-state index contributed by atoms with van der Waals surface area (Å²) in [6.45, 7) is 2.21. The van der Waals surface area contributed by atoms with Gasteiger partial charge >= 0.3 is 5.97 Å². The maximum atomic E-state index is 13.1. The number of thioether (sulfide) groups is 1. The van der Waals surface area contributed by atoms with Gasteiger partial charge in [-0.15, -0.1) is 0 Å². The number of esters is 1. The summed E-state index contributed by atoms with van der Waals surface area (Å²) in [6.07, 6.45) is 6.57. The molecule has 0 heterocycles. The fourth-order valence-corrected chi connectivity index (χ4v) is 4.24. The van der Waals surface area contributed by atoms with Crippen LogP contribution < -0.4 is 10.6 Å². The third-order valence-corrected chi connectivity index (χ3v) is 6.36. The summed E-state index contributed by atoms with van der Waals surface area (Å²) in [6, 6.07) is 8.13. The smallest absolute Gasteiger partial charge is 0.328 e. The Hall–Kier alpha value is -2.02. The molecule has 0 saturated heterocycles. The van der Waals surface area contributed by atoms with Crippen molar-refractivity contribution in [3.8, 4) is 0 Å². The molecule has 166 valence electrons. The van der Waals surface area contributed by atoms with E-state index >= 15 is 0 Å². The van der Waals surface area contributed by atoms with Crippen molar-refractivity contribution in [1.29, 1.82) is 0 Å². The molecule has 1 saturated carbocycles. The minimum atomic E-state index is -0.735. The average molecular weight is 435 g/mol. The van der Waals surface area contributed by atoms with Crippen molar-refractivity contribution in [1.82, 2.24) is 10.6 Å². The van der Waals surface area contributed by atoms with E-state index < -0.39 is 18.1 Å². The highest BCUT2D eigenvalue weighted by atomic mass is 32.2. The summed E-state index contributed by atoms with van der Waals surface area (Å²) in [5.74, 6) is 0.415. The van der Waals surface area contributed by atoms with Gasteiger partial charge in [0.2, 0.25) is 11.8 Å². The van der Waals surface area contributed by atoms with Crippen LogP contribution >= 0.6 is 11.8 Å². The Morgan fingerprint density at radius 1 is 1.07 bits per heavy atom. The Labute approximate surface area is 183 Å². The monoisotopic (exact) mass is 434 g/mol. The topological polar surface area (TPSA) is 84.5 Å². The number of rotatable bonds is 10. The number of hydrogen-bond donors (Lipinski definition) is 2. The predicted octanol–water partition coefficient (Wildman–Crippen LogP) is 2.95. The minimum Gasteiger partial charge on any atom is -0.467 e. The summed E-state index contributed by atoms with van der Waals surface area (Å²) < 4.78 is 4.84. The van der Waals surface area contributed by atoms with Gasteiger partial charge in [-0.1, -0.05) is 37.3 Å². The molecular weight excluding hydrogens is 400 g/mol. The Kier molecular flexibility index (Phi) is 10.2. The van der Waals surface area contributed by atoms with Crippen LogP contribution in [-0.2, 0) is 25.5 Å². The normalized spacial score (nSPS) is 20.6. The van der Waals surface area contributed by atoms with Crippen molar-refractivity contribution in [2.45, 2.75) is 57.5 Å². The van der Waals surface area contributed by atoms with Gasteiger partial charge < -0.3 is 15.4 Å². The van der Waals surface area contributed by atoms with Crippen LogP contribution in [0, 0.1) is 11.8 Å². The van der Waals surface area contributed by atoms with Crippen LogP contribution in [0.5, 0.6) is 0 Å². The van der Waals surface area contributed by atoms with Gasteiger partial charge in [-0.2, -0.15) is 11.8 Å². The molecule has 2 amide bonds. The van der Waals surface area contributed by atoms with Crippen LogP contribution in [0.15, 0.2) is 30.3 Å². The first-order valence-corrected chi connectivity index (χ1v) is 12.0. The molecule has 0 spiro atoms. The summed E-state index contributed by atoms with van der Waals surface area (Å²) in [5, 5.41) is 5.76. The lowest BCUT2D eigenvalue weighted by atomic mass is 9.82. The van der Waals surface area contributed by atoms with E-state index in [0.29, 0.717) is 18.8 Å². The Balaban J connectivity index is 2.09. The molecule has 2 rings (SSSR count). The van der Waals surface area contributed by atoms with E-state index in [4.69, 9.17) is 4.74 Å². The van der Waals surface area contributed by atoms with Gasteiger partial charge in [0, 0.05) is 12.3 Å². The molecule has 1 aliphatic carbocycles. The maximum absolute atomic E-state index is 13.1. The first-order valence-electron chi connectivity index (χ1n) is 10.7. The van der Waals surface area contributed by atoms with Crippen molar-refractivity contribution in [3.63, 3.8) is 0 Å². The van der Waals surface area contributed by atoms with Gasteiger partial charge in [0.1, 0.15) is 12.1 Å². The van der Waals surface area contributed by atoms with Crippen LogP contribution in [-0.4, -0.2) is 49.0 Å². The third-order valence-electron chi connectivity index (χ3n) is 5.72. The summed E-state index contributed by atoms with van der Waals surface area (Å²) >= 11 is 1.60. The largest absolute Gasteiger partial charge is 0.467 e. The standard InChI is InChI=1S/C23H34N2O4S/c1-16-9-11-18(12-10-16)21(26)25-20(15-17-7-5-4-6-8-17)22(27)24-19(13-14-30-3)23(28)29-2/h4-8,16,18-20H,9-15H2,1-3H3,(H,24,27)(H,25,26)/t16?,18?,19-,20-/m1/s1. The number of nitrogens with one attached hydrogen (secondary N) is 2. The minimum absolute atomic E-state index is 0.0554. The Morgan fingerprint density at radius 2 is 1.73 bits per heavy atom. The molecule has 0 unspecified atom stereocenters. The second-order valence-electron chi connectivity index (χ2n) is 8.07. The van der Waals surface area contributed by atoms with Gasteiger partial charge in [0.05, 0.1) is 7.11 Å². The molecule has 2 N–H and O–H groups in total. The molecule has 1 fully saturated rings. The van der Waals surface area contributed by atoms with Crippen LogP contribution in [0.3, 0.4) is 0 Å². The van der Waals surface area contributed by atoms with Crippen molar-refractivity contribution in [3.05, 3.63) is 35.9 Å². The Morgan fingerprint density at radius 3 is 2.33 bits per heavy atom. The third kappa shape index (κ3) is 7.67. The van der Waals surface area contributed by atoms with Crippen LogP contribution in [0.4, 0.5) is 0 Å². The maximum Gasteiger partial charge on any atom is 0.328 e. The average Bonchev–Trinajstić information content (AvgIpc) is 2.76. The molecule has 0 radical (unpaired) electrons. The fourth-order valence-electron chi connectivity index (χ4n) is 3.77. The van der Waals surface area contributed by atoms with Crippen molar-refractivity contribution in [2.24, 2.45) is 11.8 Å². The van der Waals surface area contributed by atoms with Crippen molar-refractivity contribution >= 4 is 29.5 Å². The lowest BCUT2D eigenvalue weighted by Crippen LogP contribution is -2.53. The van der Waals surface area contributed by atoms with E-state index in [-0.39, 0.29) is 17.7 Å². The molecule has 0 bridgehead atoms. The number of carbonyl (C=O) groups is 3. The second-order valence-corrected chi connectivity index (χ2v) is 9.06. The van der Waals surface area contributed by atoms with E-state index in [1.54, 1.807) is 11.8 Å². The zero-order chi connectivity index (χ0) is 21.9. The first-order chi connectivity index (χ1) is 14.4. The summed E-state index contributed by atoms with van der Waals surface area (Å²) in [4.78, 5) is 38.0. The molecule has 0 aliphatic heterocycles. The Bertz CT molecular complexity index is 690. The fraction of sp³-hybridized carbons (Fsp3) is 0.609. The molecule has 0 aromatic heterocycles. The van der Waals surface area contributed by atoms with E-state index in [2.05, 4.69) is 17.6 Å². The zero-order valence-electron chi connectivity index (χ0n) is 18.2. The molecule has 30 heavy (non-hydrogen) atoms. The van der Waals surface area contributed by atoms with E-state index in [9.17, 15) is 14.4 Å². The molecule has 6 nitrogen and oxygen atoms in total. The lowest BCUT2D eigenvalue weighted by Gasteiger charge is -2.28. The predicted molar refractivity (Wildman–Crippen MR) is 120 cm³/mol. The summed E-state index contributed by atoms with van der Waals surface area (Å²) in [5.41, 5.74) is 0.953. The number of benzene rings is 1. The van der Waals surface area contributed by atoms with Crippen molar-refractivity contribution in [2.75, 3.05) is 19.1 Å². The summed E-state index contributed by atoms with van der Waals surface area (Å²) in [7, 11) is 1.31. The van der Waals surface area contributed by atoms with E-state index in [1.165, 1.54) is 7.11 Å². The van der Waals surface area contributed by atoms with Gasteiger partial charge in [-0.25, -0.2) is 4.79 Å². The highest BCUT2D eigenvalue weighted by molar-refractivity contribution is 7.98. The molecule has 7 heteroatoms. The first kappa shape index (κ1) is 24.3. The number of hydrogen-bond acceptors (Lipinski definition) is 5. The van der Waals surface area contributed by atoms with Crippen LogP contribution in [0.2, 0.25) is 0 Å². The SMILES string of the molecule is COC(=O)[C@@H](CCSC)NC(=O)[C@@H](Cc1ccccc1)NC(=O)C1CCC(C)CC1. The number of carbonyl (C=O) groups excluding carboxylic acids is 3. The highest BCUT2D eigenvalue weighted by Crippen LogP contribution is 2.28. The lowest BCUT2D eigenvalue weighted by molar-refractivity contribution is -0.145. The number of methoxy groups -OCH3 is 1. The zero-order valence-corrected chi connectivity index (χ0v) is 19.0. The van der Waals surface area contributed by atoms with Gasteiger partial charge in [-0.3, -0.25) is 9.59 Å². The van der Waals surface area contributed by atoms with Gasteiger partial charge in [0.15, 0.2) is 0 Å². The van der Waals surface area contributed by atoms with Gasteiger partial charge in [-0.05, 0) is 55.6 Å². The number of ether oxygens (including phenoxy) is 1. The molecule has 1 aromatic carbocycles. The second kappa shape index (κ2) is 12.6. The van der Waals surface area contributed by atoms with Gasteiger partial charge in [0.25, 0.3) is 0 Å². The molecule has 1 aliphatic rings. The molecule has 2 atom stereocenters. The van der Waals surface area contributed by atoms with E-state index in [1.807, 2.05) is 36.6 Å². The quantitative estimate of drug-likeness (QED) is 0.553. The highest BCUT2D eigenvalue weighted by Gasteiger charge is 2.30. The number of amides is 2. The van der Waals surface area contributed by atoms with Crippen molar-refractivity contribution < 1.29 is 19.1 Å². The van der Waals surface area contributed by atoms with Crippen LogP contribution in [0.25, 0.3) is 0 Å². The molecule has 1 aromatic rings. The van der Waals surface area contributed by atoms with Crippen LogP contribution in [0.1, 0.15) is 44.6 Å². The molecular formula is C23H34N2O4S. The van der Waals surface area contributed by atoms with E-state index in [0.717, 1.165) is 37.0 Å².